The predicted molar refractivity (Wildman–Crippen MR) is 80.5 cm³/mol. The molecule has 0 radical (unpaired) electrons. The molecule has 5 nitrogen and oxygen atoms in total. The Morgan fingerprint density at radius 1 is 1.24 bits per heavy atom. The molecule has 5 heteroatoms. The number of carboxylic acid groups (broad SMARTS) is 1. The van der Waals surface area contributed by atoms with E-state index in [1.165, 1.54) is 5.56 Å². The third-order valence-electron chi connectivity index (χ3n) is 3.13. The smallest absolute Gasteiger partial charge is 0.326 e. The van der Waals surface area contributed by atoms with Crippen LogP contribution in [-0.4, -0.2) is 29.6 Å². The summed E-state index contributed by atoms with van der Waals surface area (Å²) in [6.07, 6.45) is 1.10. The van der Waals surface area contributed by atoms with Crippen molar-refractivity contribution in [3.05, 3.63) is 29.8 Å². The van der Waals surface area contributed by atoms with E-state index in [0.29, 0.717) is 24.5 Å². The Kier molecular flexibility index (Phi) is 6.72. The maximum absolute atomic E-state index is 11.7. The van der Waals surface area contributed by atoms with Gasteiger partial charge in [-0.15, -0.1) is 0 Å². The molecule has 2 N–H and O–H groups in total. The maximum atomic E-state index is 11.7. The zero-order valence-electron chi connectivity index (χ0n) is 12.8. The summed E-state index contributed by atoms with van der Waals surface area (Å²) >= 11 is 0. The van der Waals surface area contributed by atoms with Gasteiger partial charge in [-0.1, -0.05) is 39.3 Å². The van der Waals surface area contributed by atoms with Gasteiger partial charge in [0, 0.05) is 0 Å². The van der Waals surface area contributed by atoms with Gasteiger partial charge in [-0.25, -0.2) is 4.79 Å². The number of hydrogen-bond acceptors (Lipinski definition) is 3. The van der Waals surface area contributed by atoms with Gasteiger partial charge in [0.1, 0.15) is 11.8 Å². The molecule has 0 aliphatic carbocycles. The molecule has 0 spiro atoms. The van der Waals surface area contributed by atoms with Crippen molar-refractivity contribution in [1.29, 1.82) is 0 Å². The molecule has 0 bridgehead atoms. The standard InChI is InChI=1S/C16H23NO4/c1-4-5-14(16(19)20)17-15(18)10-21-13-8-6-12(7-9-13)11(2)3/h6-9,11,14H,4-5,10H2,1-3H3,(H,17,18)(H,19,20)/t14-/m1/s1. The zero-order valence-corrected chi connectivity index (χ0v) is 12.8. The summed E-state index contributed by atoms with van der Waals surface area (Å²) < 4.78 is 5.36. The van der Waals surface area contributed by atoms with Gasteiger partial charge < -0.3 is 15.2 Å². The minimum atomic E-state index is -1.02. The van der Waals surface area contributed by atoms with Crippen LogP contribution in [-0.2, 0) is 9.59 Å². The Balaban J connectivity index is 2.46. The molecule has 1 amide bonds. The van der Waals surface area contributed by atoms with Crippen LogP contribution in [0.15, 0.2) is 24.3 Å². The lowest BCUT2D eigenvalue weighted by Crippen LogP contribution is -2.42. The molecule has 21 heavy (non-hydrogen) atoms. The summed E-state index contributed by atoms with van der Waals surface area (Å²) in [6.45, 7) is 5.88. The Hall–Kier alpha value is -2.04. The largest absolute Gasteiger partial charge is 0.484 e. The number of hydrogen-bond donors (Lipinski definition) is 2. The van der Waals surface area contributed by atoms with Crippen LogP contribution in [0.4, 0.5) is 0 Å². The fourth-order valence-corrected chi connectivity index (χ4v) is 1.88. The first kappa shape index (κ1) is 17.0. The molecular weight excluding hydrogens is 270 g/mol. The molecular formula is C16H23NO4. The van der Waals surface area contributed by atoms with Crippen LogP contribution in [0.25, 0.3) is 0 Å². The van der Waals surface area contributed by atoms with E-state index in [0.717, 1.165) is 0 Å². The Morgan fingerprint density at radius 2 is 1.86 bits per heavy atom. The molecule has 0 aromatic heterocycles. The van der Waals surface area contributed by atoms with E-state index in [-0.39, 0.29) is 6.61 Å². The van der Waals surface area contributed by atoms with Crippen molar-refractivity contribution >= 4 is 11.9 Å². The summed E-state index contributed by atoms with van der Waals surface area (Å²) in [6, 6.07) is 6.67. The molecule has 0 saturated heterocycles. The lowest BCUT2D eigenvalue weighted by molar-refractivity contribution is -0.142. The van der Waals surface area contributed by atoms with Gasteiger partial charge in [0.05, 0.1) is 0 Å². The van der Waals surface area contributed by atoms with E-state index in [4.69, 9.17) is 9.84 Å². The van der Waals surface area contributed by atoms with Crippen LogP contribution >= 0.6 is 0 Å². The number of carbonyl (C=O) groups is 2. The fourth-order valence-electron chi connectivity index (χ4n) is 1.88. The molecule has 1 aromatic rings. The first-order chi connectivity index (χ1) is 9.93. The predicted octanol–water partition coefficient (Wildman–Crippen LogP) is 2.56. The molecule has 1 atom stereocenters. The van der Waals surface area contributed by atoms with Crippen molar-refractivity contribution in [2.75, 3.05) is 6.61 Å². The van der Waals surface area contributed by atoms with Crippen LogP contribution in [0, 0.1) is 0 Å². The molecule has 116 valence electrons. The number of carboxylic acids is 1. The fraction of sp³-hybridized carbons (Fsp3) is 0.500. The van der Waals surface area contributed by atoms with E-state index in [1.54, 1.807) is 0 Å². The zero-order chi connectivity index (χ0) is 15.8. The molecule has 0 unspecified atom stereocenters. The maximum Gasteiger partial charge on any atom is 0.326 e. The second kappa shape index (κ2) is 8.29. The average Bonchev–Trinajstić information content (AvgIpc) is 2.45. The van der Waals surface area contributed by atoms with Crippen LogP contribution in [0.2, 0.25) is 0 Å². The Labute approximate surface area is 125 Å². The summed E-state index contributed by atoms with van der Waals surface area (Å²) in [5, 5.41) is 11.4. The van der Waals surface area contributed by atoms with Crippen molar-refractivity contribution < 1.29 is 19.4 Å². The SMILES string of the molecule is CCC[C@@H](NC(=O)COc1ccc(C(C)C)cc1)C(=O)O. The van der Waals surface area contributed by atoms with E-state index in [1.807, 2.05) is 31.2 Å². The number of benzene rings is 1. The van der Waals surface area contributed by atoms with E-state index in [9.17, 15) is 9.59 Å². The topological polar surface area (TPSA) is 75.6 Å². The minimum Gasteiger partial charge on any atom is -0.484 e. The number of amides is 1. The normalized spacial score (nSPS) is 12.0. The van der Waals surface area contributed by atoms with Gasteiger partial charge in [-0.05, 0) is 30.0 Å². The van der Waals surface area contributed by atoms with Gasteiger partial charge in [0.25, 0.3) is 5.91 Å². The second-order valence-corrected chi connectivity index (χ2v) is 5.26. The quantitative estimate of drug-likeness (QED) is 0.772. The Bertz CT molecular complexity index is 468. The van der Waals surface area contributed by atoms with Crippen LogP contribution in [0.5, 0.6) is 5.75 Å². The number of rotatable bonds is 8. The van der Waals surface area contributed by atoms with E-state index < -0.39 is 17.9 Å². The van der Waals surface area contributed by atoms with Gasteiger partial charge in [0.15, 0.2) is 6.61 Å². The number of carbonyl (C=O) groups excluding carboxylic acids is 1. The summed E-state index contributed by atoms with van der Waals surface area (Å²) in [5.74, 6) is -0.417. The van der Waals surface area contributed by atoms with Crippen LogP contribution < -0.4 is 10.1 Å². The van der Waals surface area contributed by atoms with Crippen molar-refractivity contribution in [1.82, 2.24) is 5.32 Å². The number of aliphatic carboxylic acids is 1. The highest BCUT2D eigenvalue weighted by Gasteiger charge is 2.18. The van der Waals surface area contributed by atoms with Crippen molar-refractivity contribution in [3.8, 4) is 5.75 Å². The van der Waals surface area contributed by atoms with Crippen LogP contribution in [0.3, 0.4) is 0 Å². The van der Waals surface area contributed by atoms with Gasteiger partial charge >= 0.3 is 5.97 Å². The average molecular weight is 293 g/mol. The number of ether oxygens (including phenoxy) is 1. The molecule has 0 aliphatic heterocycles. The molecule has 1 rings (SSSR count). The van der Waals surface area contributed by atoms with E-state index >= 15 is 0 Å². The van der Waals surface area contributed by atoms with Gasteiger partial charge in [-0.3, -0.25) is 4.79 Å². The van der Waals surface area contributed by atoms with Crippen molar-refractivity contribution in [2.24, 2.45) is 0 Å². The minimum absolute atomic E-state index is 0.186. The number of nitrogens with one attached hydrogen (secondary N) is 1. The van der Waals surface area contributed by atoms with Gasteiger partial charge in [0.2, 0.25) is 0 Å². The first-order valence-corrected chi connectivity index (χ1v) is 7.19. The molecule has 0 aliphatic rings. The lowest BCUT2D eigenvalue weighted by atomic mass is 10.0. The van der Waals surface area contributed by atoms with E-state index in [2.05, 4.69) is 19.2 Å². The highest BCUT2D eigenvalue weighted by Crippen LogP contribution is 2.18. The molecule has 0 saturated carbocycles. The summed E-state index contributed by atoms with van der Waals surface area (Å²) in [7, 11) is 0. The summed E-state index contributed by atoms with van der Waals surface area (Å²) in [5.41, 5.74) is 1.20. The van der Waals surface area contributed by atoms with Crippen molar-refractivity contribution in [2.45, 2.75) is 45.6 Å². The molecule has 0 heterocycles. The third-order valence-corrected chi connectivity index (χ3v) is 3.13. The Morgan fingerprint density at radius 3 is 2.33 bits per heavy atom. The highest BCUT2D eigenvalue weighted by atomic mass is 16.5. The summed E-state index contributed by atoms with van der Waals surface area (Å²) in [4.78, 5) is 22.6. The highest BCUT2D eigenvalue weighted by molar-refractivity contribution is 5.84. The van der Waals surface area contributed by atoms with Gasteiger partial charge in [-0.2, -0.15) is 0 Å². The first-order valence-electron chi connectivity index (χ1n) is 7.19. The second-order valence-electron chi connectivity index (χ2n) is 5.26. The monoisotopic (exact) mass is 293 g/mol. The molecule has 0 fully saturated rings. The van der Waals surface area contributed by atoms with Crippen molar-refractivity contribution in [3.63, 3.8) is 0 Å². The van der Waals surface area contributed by atoms with Crippen LogP contribution in [0.1, 0.15) is 45.1 Å². The third kappa shape index (κ3) is 5.85. The lowest BCUT2D eigenvalue weighted by Gasteiger charge is -2.14. The molecule has 1 aromatic carbocycles.